The lowest BCUT2D eigenvalue weighted by Gasteiger charge is -2.21. The molecule has 0 radical (unpaired) electrons. The van der Waals surface area contributed by atoms with Gasteiger partial charge >= 0.3 is 5.97 Å². The van der Waals surface area contributed by atoms with Crippen molar-refractivity contribution < 1.29 is 23.9 Å². The van der Waals surface area contributed by atoms with E-state index in [2.05, 4.69) is 4.74 Å². The molecule has 0 amide bonds. The van der Waals surface area contributed by atoms with Gasteiger partial charge in [-0.25, -0.2) is 0 Å². The van der Waals surface area contributed by atoms with Crippen molar-refractivity contribution in [1.82, 2.24) is 0 Å². The Balaban J connectivity index is 2.72. The molecule has 0 aliphatic carbocycles. The van der Waals surface area contributed by atoms with Gasteiger partial charge in [0, 0.05) is 12.5 Å². The summed E-state index contributed by atoms with van der Waals surface area (Å²) < 4.78 is 15.1. The Morgan fingerprint density at radius 2 is 2.05 bits per heavy atom. The molecule has 8 heteroatoms. The number of nitro benzene ring substituents is 1. The van der Waals surface area contributed by atoms with Crippen LogP contribution in [-0.2, 0) is 9.53 Å². The molecule has 0 saturated heterocycles. The van der Waals surface area contributed by atoms with E-state index in [1.54, 1.807) is 0 Å². The standard InChI is InChI=1S/C13H18N2O6/c1-13(14,12(16)20-3)6-7-21-10-5-4-9(15(17)18)8-11(10)19-2/h4-5,8H,6-7,14H2,1-3H3. The third-order valence-corrected chi connectivity index (χ3v) is 2.89. The molecule has 1 aromatic carbocycles. The predicted octanol–water partition coefficient (Wildman–Crippen LogP) is 1.26. The number of benzene rings is 1. The summed E-state index contributed by atoms with van der Waals surface area (Å²) in [5, 5.41) is 10.7. The van der Waals surface area contributed by atoms with Gasteiger partial charge < -0.3 is 19.9 Å². The number of methoxy groups -OCH3 is 2. The molecular weight excluding hydrogens is 280 g/mol. The topological polar surface area (TPSA) is 114 Å². The second-order valence-electron chi connectivity index (χ2n) is 4.60. The van der Waals surface area contributed by atoms with E-state index in [0.29, 0.717) is 5.75 Å². The van der Waals surface area contributed by atoms with E-state index in [9.17, 15) is 14.9 Å². The number of hydrogen-bond acceptors (Lipinski definition) is 7. The highest BCUT2D eigenvalue weighted by Crippen LogP contribution is 2.31. The monoisotopic (exact) mass is 298 g/mol. The number of esters is 1. The van der Waals surface area contributed by atoms with E-state index in [0.717, 1.165) is 0 Å². The first kappa shape index (κ1) is 16.7. The summed E-state index contributed by atoms with van der Waals surface area (Å²) in [5.74, 6) is 0.0338. The van der Waals surface area contributed by atoms with Crippen molar-refractivity contribution in [2.45, 2.75) is 18.9 Å². The Bertz CT molecular complexity index is 529. The van der Waals surface area contributed by atoms with Crippen LogP contribution in [0.4, 0.5) is 5.69 Å². The lowest BCUT2D eigenvalue weighted by Crippen LogP contribution is -2.46. The molecule has 0 spiro atoms. The molecular formula is C13H18N2O6. The molecule has 1 rings (SSSR count). The Kier molecular flexibility index (Phi) is 5.48. The summed E-state index contributed by atoms with van der Waals surface area (Å²) >= 11 is 0. The van der Waals surface area contributed by atoms with E-state index in [-0.39, 0.29) is 24.5 Å². The molecule has 21 heavy (non-hydrogen) atoms. The molecule has 1 unspecified atom stereocenters. The molecule has 2 N–H and O–H groups in total. The molecule has 0 aromatic heterocycles. The number of nitrogens with zero attached hydrogens (tertiary/aromatic N) is 1. The number of carbonyl (C=O) groups excluding carboxylic acids is 1. The van der Waals surface area contributed by atoms with Gasteiger partial charge in [0.1, 0.15) is 5.54 Å². The zero-order valence-corrected chi connectivity index (χ0v) is 12.1. The fourth-order valence-corrected chi connectivity index (χ4v) is 1.60. The van der Waals surface area contributed by atoms with Gasteiger partial charge in [0.2, 0.25) is 0 Å². The van der Waals surface area contributed by atoms with Gasteiger partial charge in [-0.2, -0.15) is 0 Å². The molecule has 0 aliphatic heterocycles. The number of hydrogen-bond donors (Lipinski definition) is 1. The SMILES string of the molecule is COC(=O)C(C)(N)CCOc1ccc([N+](=O)[O-])cc1OC. The molecule has 0 saturated carbocycles. The van der Waals surface area contributed by atoms with Crippen LogP contribution in [0.1, 0.15) is 13.3 Å². The Morgan fingerprint density at radius 3 is 2.57 bits per heavy atom. The first-order chi connectivity index (χ1) is 9.81. The van der Waals surface area contributed by atoms with Gasteiger partial charge in [-0.1, -0.05) is 0 Å². The number of carbonyl (C=O) groups is 1. The van der Waals surface area contributed by atoms with Crippen LogP contribution in [0.15, 0.2) is 18.2 Å². The van der Waals surface area contributed by atoms with Crippen LogP contribution >= 0.6 is 0 Å². The Labute approximate surface area is 121 Å². The van der Waals surface area contributed by atoms with Gasteiger partial charge in [0.25, 0.3) is 5.69 Å². The average Bonchev–Trinajstić information content (AvgIpc) is 2.46. The van der Waals surface area contributed by atoms with Gasteiger partial charge in [-0.15, -0.1) is 0 Å². The average molecular weight is 298 g/mol. The third kappa shape index (κ3) is 4.32. The van der Waals surface area contributed by atoms with Crippen LogP contribution in [0, 0.1) is 10.1 Å². The maximum Gasteiger partial charge on any atom is 0.325 e. The number of nitrogens with two attached hydrogens (primary N) is 1. The van der Waals surface area contributed by atoms with Crippen LogP contribution in [0.3, 0.4) is 0 Å². The molecule has 0 fully saturated rings. The van der Waals surface area contributed by atoms with Gasteiger partial charge in [-0.3, -0.25) is 14.9 Å². The van der Waals surface area contributed by atoms with E-state index in [1.165, 1.54) is 39.3 Å². The van der Waals surface area contributed by atoms with E-state index in [4.69, 9.17) is 15.2 Å². The molecule has 0 aliphatic rings. The number of rotatable bonds is 7. The van der Waals surface area contributed by atoms with Crippen molar-refractivity contribution in [3.63, 3.8) is 0 Å². The van der Waals surface area contributed by atoms with Crippen molar-refractivity contribution in [3.05, 3.63) is 28.3 Å². The molecule has 8 nitrogen and oxygen atoms in total. The summed E-state index contributed by atoms with van der Waals surface area (Å²) in [6.07, 6.45) is 0.222. The zero-order valence-electron chi connectivity index (χ0n) is 12.1. The summed E-state index contributed by atoms with van der Waals surface area (Å²) in [6, 6.07) is 4.00. The Hall–Kier alpha value is -2.35. The maximum atomic E-state index is 11.4. The predicted molar refractivity (Wildman–Crippen MR) is 74.4 cm³/mol. The van der Waals surface area contributed by atoms with Crippen molar-refractivity contribution in [3.8, 4) is 11.5 Å². The molecule has 1 aromatic rings. The number of nitro groups is 1. The number of ether oxygens (including phenoxy) is 3. The van der Waals surface area contributed by atoms with E-state index >= 15 is 0 Å². The fraction of sp³-hybridized carbons (Fsp3) is 0.462. The lowest BCUT2D eigenvalue weighted by atomic mass is 10.0. The zero-order chi connectivity index (χ0) is 16.0. The van der Waals surface area contributed by atoms with Gasteiger partial charge in [0.15, 0.2) is 11.5 Å². The van der Waals surface area contributed by atoms with Crippen LogP contribution in [0.25, 0.3) is 0 Å². The molecule has 1 atom stereocenters. The first-order valence-electron chi connectivity index (χ1n) is 6.14. The summed E-state index contributed by atoms with van der Waals surface area (Å²) in [5.41, 5.74) is 4.53. The minimum atomic E-state index is -1.16. The highest BCUT2D eigenvalue weighted by Gasteiger charge is 2.29. The second kappa shape index (κ2) is 6.89. The molecule has 116 valence electrons. The normalized spacial score (nSPS) is 13.1. The third-order valence-electron chi connectivity index (χ3n) is 2.89. The van der Waals surface area contributed by atoms with Crippen molar-refractivity contribution >= 4 is 11.7 Å². The van der Waals surface area contributed by atoms with Gasteiger partial charge in [0.05, 0.1) is 31.8 Å². The number of non-ortho nitro benzene ring substituents is 1. The minimum Gasteiger partial charge on any atom is -0.493 e. The smallest absolute Gasteiger partial charge is 0.325 e. The van der Waals surface area contributed by atoms with E-state index in [1.807, 2.05) is 0 Å². The fourth-order valence-electron chi connectivity index (χ4n) is 1.60. The van der Waals surface area contributed by atoms with Crippen LogP contribution < -0.4 is 15.2 Å². The summed E-state index contributed by atoms with van der Waals surface area (Å²) in [4.78, 5) is 21.6. The van der Waals surface area contributed by atoms with Crippen LogP contribution in [0.5, 0.6) is 11.5 Å². The quantitative estimate of drug-likeness (QED) is 0.458. The summed E-state index contributed by atoms with van der Waals surface area (Å²) in [7, 11) is 2.64. The second-order valence-corrected chi connectivity index (χ2v) is 4.60. The Morgan fingerprint density at radius 1 is 1.38 bits per heavy atom. The van der Waals surface area contributed by atoms with E-state index < -0.39 is 16.4 Å². The summed E-state index contributed by atoms with van der Waals surface area (Å²) in [6.45, 7) is 1.67. The van der Waals surface area contributed by atoms with Crippen LogP contribution in [0.2, 0.25) is 0 Å². The van der Waals surface area contributed by atoms with Crippen molar-refractivity contribution in [1.29, 1.82) is 0 Å². The van der Waals surface area contributed by atoms with Crippen molar-refractivity contribution in [2.24, 2.45) is 5.73 Å². The molecule has 0 heterocycles. The highest BCUT2D eigenvalue weighted by molar-refractivity contribution is 5.79. The highest BCUT2D eigenvalue weighted by atomic mass is 16.6. The first-order valence-corrected chi connectivity index (χ1v) is 6.14. The maximum absolute atomic E-state index is 11.4. The van der Waals surface area contributed by atoms with Crippen molar-refractivity contribution in [2.75, 3.05) is 20.8 Å². The van der Waals surface area contributed by atoms with Gasteiger partial charge in [-0.05, 0) is 13.0 Å². The lowest BCUT2D eigenvalue weighted by molar-refractivity contribution is -0.385. The molecule has 0 bridgehead atoms. The minimum absolute atomic E-state index is 0.0996. The largest absolute Gasteiger partial charge is 0.493 e. The van der Waals surface area contributed by atoms with Crippen LogP contribution in [-0.4, -0.2) is 37.3 Å².